The number of aliphatic imine (C=N–C) groups is 2. The predicted molar refractivity (Wildman–Crippen MR) is 163 cm³/mol. The molecule has 9 heteroatoms. The third kappa shape index (κ3) is 11.6. The average Bonchev–Trinajstić information content (AvgIpc) is 2.68. The van der Waals surface area contributed by atoms with Gasteiger partial charge in [0.05, 0.1) is 22.8 Å². The van der Waals surface area contributed by atoms with Crippen LogP contribution in [0, 0.1) is 27.7 Å². The van der Waals surface area contributed by atoms with Crippen molar-refractivity contribution < 1.29 is 15.3 Å². The van der Waals surface area contributed by atoms with Gasteiger partial charge in [0.1, 0.15) is 0 Å². The molecule has 2 aromatic carbocycles. The summed E-state index contributed by atoms with van der Waals surface area (Å²) in [5.74, 6) is 0. The first-order chi connectivity index (χ1) is 15.8. The van der Waals surface area contributed by atoms with E-state index >= 15 is 0 Å². The first-order valence-electron chi connectivity index (χ1n) is 10.9. The molecular weight excluding hydrogens is 751 g/mol. The first kappa shape index (κ1) is 32.4. The average molecular weight is 785 g/mol. The van der Waals surface area contributed by atoms with Gasteiger partial charge in [0, 0.05) is 15.6 Å². The van der Waals surface area contributed by atoms with E-state index in [1.54, 1.807) is 0 Å². The molecule has 0 spiro atoms. The Kier molecular flexibility index (Phi) is 14.8. The van der Waals surface area contributed by atoms with Crippen LogP contribution in [0.2, 0.25) is 19.6 Å². The van der Waals surface area contributed by atoms with Crippen molar-refractivity contribution in [2.45, 2.75) is 67.1 Å². The summed E-state index contributed by atoms with van der Waals surface area (Å²) in [6.45, 7) is 17.9. The quantitative estimate of drug-likeness (QED) is 0.149. The molecule has 0 aromatic heterocycles. The van der Waals surface area contributed by atoms with E-state index in [4.69, 9.17) is 14.4 Å². The Hall–Kier alpha value is 0.370. The topological polar surface area (TPSA) is 34.0 Å². The standard InChI is InChI=1S/C25H34Br2N2OSi.2BrH.Ni/c1-16-12-21(26)13-17(2)24(16)28-20(5)23(10-9-11-30-31(6,7)8)29-25-18(3)14-22(27)15-19(25)4;;;/h12-15H,9-11H2,1-8H3;2*1H;/q;;;+2/p-2. The van der Waals surface area contributed by atoms with E-state index in [1.165, 1.54) is 10.9 Å². The Morgan fingerprint density at radius 1 is 0.824 bits per heavy atom. The van der Waals surface area contributed by atoms with Crippen LogP contribution in [0.1, 0.15) is 42.0 Å². The third-order valence-electron chi connectivity index (χ3n) is 4.95. The monoisotopic (exact) mass is 780 g/mol. The van der Waals surface area contributed by atoms with Crippen LogP contribution in [0.3, 0.4) is 0 Å². The van der Waals surface area contributed by atoms with Crippen LogP contribution in [0.5, 0.6) is 0 Å². The summed E-state index contributed by atoms with van der Waals surface area (Å²) in [5, 5.41) is 0. The van der Waals surface area contributed by atoms with E-state index in [0.717, 1.165) is 73.4 Å². The second-order valence-corrected chi connectivity index (χ2v) is 20.5. The molecular formula is C25H34Br4N2NiOSi. The maximum absolute atomic E-state index is 6.08. The fraction of sp³-hybridized carbons (Fsp3) is 0.440. The molecule has 192 valence electrons. The minimum atomic E-state index is -1.52. The van der Waals surface area contributed by atoms with Gasteiger partial charge in [-0.1, -0.05) is 31.9 Å². The van der Waals surface area contributed by atoms with Crippen molar-refractivity contribution in [2.24, 2.45) is 9.98 Å². The van der Waals surface area contributed by atoms with E-state index in [9.17, 15) is 0 Å². The SMILES string of the molecule is CC(=Nc1c(C)cc(Br)cc1C)C(CCCO[Si](C)(C)C)=Nc1c(C)cc(Br)cc1C.[Br][Ni][Br]. The maximum atomic E-state index is 6.08. The van der Waals surface area contributed by atoms with Crippen LogP contribution in [-0.2, 0) is 15.3 Å². The van der Waals surface area contributed by atoms with E-state index < -0.39 is 8.32 Å². The number of rotatable bonds is 8. The molecule has 2 rings (SSSR count). The Balaban J connectivity index is 0.00000182. The van der Waals surface area contributed by atoms with E-state index in [-0.39, 0.29) is 0 Å². The van der Waals surface area contributed by atoms with Gasteiger partial charge in [0.25, 0.3) is 0 Å². The molecule has 0 saturated carbocycles. The Morgan fingerprint density at radius 2 is 1.21 bits per heavy atom. The van der Waals surface area contributed by atoms with Crippen molar-refractivity contribution >= 4 is 91.4 Å². The molecule has 0 unspecified atom stereocenters. The van der Waals surface area contributed by atoms with Crippen molar-refractivity contribution in [3.05, 3.63) is 55.5 Å². The Labute approximate surface area is 243 Å². The van der Waals surface area contributed by atoms with Gasteiger partial charge in [-0.15, -0.1) is 0 Å². The molecule has 0 aliphatic heterocycles. The Bertz CT molecular complexity index is 990. The number of hydrogen-bond donors (Lipinski definition) is 0. The number of hydrogen-bond acceptors (Lipinski definition) is 3. The number of nitrogens with zero attached hydrogens (tertiary/aromatic N) is 2. The van der Waals surface area contributed by atoms with Gasteiger partial charge in [-0.05, 0) is 114 Å². The van der Waals surface area contributed by atoms with Gasteiger partial charge in [-0.3, -0.25) is 9.98 Å². The minimum absolute atomic E-state index is 0.761. The number of aryl methyl sites for hydroxylation is 4. The summed E-state index contributed by atoms with van der Waals surface area (Å²) in [6.07, 6.45) is 1.77. The number of benzene rings is 2. The third-order valence-corrected chi connectivity index (χ3v) is 6.93. The summed E-state index contributed by atoms with van der Waals surface area (Å²) < 4.78 is 8.24. The predicted octanol–water partition coefficient (Wildman–Crippen LogP) is 10.6. The molecule has 0 amide bonds. The Morgan fingerprint density at radius 3 is 1.59 bits per heavy atom. The van der Waals surface area contributed by atoms with Crippen LogP contribution in [-0.4, -0.2) is 26.3 Å². The van der Waals surface area contributed by atoms with Gasteiger partial charge < -0.3 is 4.43 Å². The number of halogens is 4. The summed E-state index contributed by atoms with van der Waals surface area (Å²) >= 11 is 13.2. The molecule has 3 nitrogen and oxygen atoms in total. The van der Waals surface area contributed by atoms with Crippen LogP contribution >= 0.6 is 60.3 Å². The van der Waals surface area contributed by atoms with Crippen molar-refractivity contribution in [3.8, 4) is 0 Å². The molecule has 0 saturated heterocycles. The molecule has 0 atom stereocenters. The van der Waals surface area contributed by atoms with Gasteiger partial charge >= 0.3 is 39.3 Å². The van der Waals surface area contributed by atoms with Crippen LogP contribution in [0.15, 0.2) is 43.2 Å². The summed E-state index contributed by atoms with van der Waals surface area (Å²) in [6, 6.07) is 8.46. The van der Waals surface area contributed by atoms with Crippen molar-refractivity contribution in [1.29, 1.82) is 0 Å². The van der Waals surface area contributed by atoms with E-state index in [2.05, 4.69) is 139 Å². The van der Waals surface area contributed by atoms with Gasteiger partial charge in [-0.2, -0.15) is 0 Å². The molecule has 0 aliphatic carbocycles. The van der Waals surface area contributed by atoms with E-state index in [0.29, 0.717) is 0 Å². The fourth-order valence-electron chi connectivity index (χ4n) is 3.46. The van der Waals surface area contributed by atoms with E-state index in [1.807, 2.05) is 0 Å². The summed E-state index contributed by atoms with van der Waals surface area (Å²) in [7, 11) is -0.266. The molecule has 2 aromatic rings. The first-order valence-corrected chi connectivity index (χ1v) is 20.8. The fourth-order valence-corrected chi connectivity index (χ4v) is 5.59. The summed E-state index contributed by atoms with van der Waals surface area (Å²) in [5.41, 5.74) is 8.67. The second kappa shape index (κ2) is 15.6. The summed E-state index contributed by atoms with van der Waals surface area (Å²) in [4.78, 5) is 10.1. The molecule has 0 radical (unpaired) electrons. The second-order valence-electron chi connectivity index (χ2n) is 9.14. The molecule has 0 N–H and O–H groups in total. The zero-order valence-electron chi connectivity index (χ0n) is 21.1. The van der Waals surface area contributed by atoms with Crippen molar-refractivity contribution in [3.63, 3.8) is 0 Å². The molecule has 34 heavy (non-hydrogen) atoms. The normalized spacial score (nSPS) is 12.6. The zero-order valence-corrected chi connectivity index (χ0v) is 29.4. The molecule has 0 fully saturated rings. The van der Waals surface area contributed by atoms with Gasteiger partial charge in [0.15, 0.2) is 8.32 Å². The van der Waals surface area contributed by atoms with Crippen molar-refractivity contribution in [2.75, 3.05) is 6.61 Å². The van der Waals surface area contributed by atoms with Crippen LogP contribution in [0.4, 0.5) is 11.4 Å². The van der Waals surface area contributed by atoms with Crippen LogP contribution < -0.4 is 0 Å². The molecule has 0 aliphatic rings. The molecule has 0 bridgehead atoms. The van der Waals surface area contributed by atoms with Crippen molar-refractivity contribution in [1.82, 2.24) is 0 Å². The van der Waals surface area contributed by atoms with Gasteiger partial charge in [0.2, 0.25) is 0 Å². The molecule has 0 heterocycles. The van der Waals surface area contributed by atoms with Gasteiger partial charge in [-0.25, -0.2) is 0 Å². The zero-order chi connectivity index (χ0) is 26.1. The van der Waals surface area contributed by atoms with Crippen LogP contribution in [0.25, 0.3) is 0 Å².